The molecule has 5 nitrogen and oxygen atoms in total. The average Bonchev–Trinajstić information content (AvgIpc) is 2.49. The number of benzene rings is 2. The molecule has 0 amide bonds. The third-order valence-electron chi connectivity index (χ3n) is 2.84. The van der Waals surface area contributed by atoms with Crippen LogP contribution in [0.4, 0.5) is 10.1 Å². The van der Waals surface area contributed by atoms with E-state index in [2.05, 4.69) is 4.72 Å². The predicted octanol–water partition coefficient (Wildman–Crippen LogP) is 3.03. The molecule has 0 radical (unpaired) electrons. The summed E-state index contributed by atoms with van der Waals surface area (Å²) in [7, 11) is -2.41. The summed E-state index contributed by atoms with van der Waals surface area (Å²) in [6, 6.07) is 9.94. The monoisotopic (exact) mass is 325 g/mol. The van der Waals surface area contributed by atoms with Crippen molar-refractivity contribution < 1.29 is 22.3 Å². The van der Waals surface area contributed by atoms with E-state index < -0.39 is 15.8 Å². The SMILES string of the molecule is CCOc1ccc(S(=O)(=O)Nc2cccc(OC)c2)cc1F. The lowest BCUT2D eigenvalue weighted by Gasteiger charge is -2.10. The van der Waals surface area contributed by atoms with Gasteiger partial charge in [-0.3, -0.25) is 4.72 Å². The predicted molar refractivity (Wildman–Crippen MR) is 81.4 cm³/mol. The van der Waals surface area contributed by atoms with Crippen molar-refractivity contribution in [2.45, 2.75) is 11.8 Å². The summed E-state index contributed by atoms with van der Waals surface area (Å²) in [6.07, 6.45) is 0. The van der Waals surface area contributed by atoms with Gasteiger partial charge in [0.25, 0.3) is 10.0 Å². The fourth-order valence-corrected chi connectivity index (χ4v) is 2.88. The molecule has 0 saturated carbocycles. The van der Waals surface area contributed by atoms with Gasteiger partial charge in [-0.25, -0.2) is 12.8 Å². The van der Waals surface area contributed by atoms with Crippen LogP contribution in [-0.2, 0) is 10.0 Å². The fourth-order valence-electron chi connectivity index (χ4n) is 1.82. The molecule has 0 aliphatic heterocycles. The molecule has 2 aromatic carbocycles. The van der Waals surface area contributed by atoms with E-state index >= 15 is 0 Å². The first-order valence-electron chi connectivity index (χ1n) is 6.55. The molecule has 2 aromatic rings. The summed E-state index contributed by atoms with van der Waals surface area (Å²) in [4.78, 5) is -0.184. The first-order valence-corrected chi connectivity index (χ1v) is 8.04. The summed E-state index contributed by atoms with van der Waals surface area (Å²) in [6.45, 7) is 2.01. The maximum absolute atomic E-state index is 13.8. The van der Waals surface area contributed by atoms with Crippen molar-refractivity contribution in [3.63, 3.8) is 0 Å². The zero-order chi connectivity index (χ0) is 16.2. The number of nitrogens with one attached hydrogen (secondary N) is 1. The van der Waals surface area contributed by atoms with Gasteiger partial charge in [-0.1, -0.05) is 6.07 Å². The number of ether oxygens (including phenoxy) is 2. The van der Waals surface area contributed by atoms with E-state index in [1.54, 1.807) is 25.1 Å². The zero-order valence-corrected chi connectivity index (χ0v) is 13.0. The molecule has 2 rings (SSSR count). The Morgan fingerprint density at radius 2 is 1.95 bits per heavy atom. The quantitative estimate of drug-likeness (QED) is 0.886. The second-order valence-electron chi connectivity index (χ2n) is 4.36. The standard InChI is InChI=1S/C15H16FNO4S/c1-3-21-15-8-7-13(10-14(15)16)22(18,19)17-11-5-4-6-12(9-11)20-2/h4-10,17H,3H2,1-2H3. The molecule has 0 saturated heterocycles. The van der Waals surface area contributed by atoms with E-state index in [1.165, 1.54) is 25.3 Å². The second-order valence-corrected chi connectivity index (χ2v) is 6.05. The van der Waals surface area contributed by atoms with Crippen LogP contribution in [0.3, 0.4) is 0 Å². The third kappa shape index (κ3) is 3.67. The minimum absolute atomic E-state index is 0.0165. The van der Waals surface area contributed by atoms with Crippen molar-refractivity contribution in [3.8, 4) is 11.5 Å². The number of rotatable bonds is 6. The molecule has 22 heavy (non-hydrogen) atoms. The van der Waals surface area contributed by atoms with E-state index in [9.17, 15) is 12.8 Å². The highest BCUT2D eigenvalue weighted by Gasteiger charge is 2.17. The first kappa shape index (κ1) is 16.1. The molecule has 118 valence electrons. The number of anilines is 1. The number of hydrogen-bond donors (Lipinski definition) is 1. The Hall–Kier alpha value is -2.28. The lowest BCUT2D eigenvalue weighted by molar-refractivity contribution is 0.321. The number of methoxy groups -OCH3 is 1. The Bertz CT molecular complexity index is 762. The Morgan fingerprint density at radius 3 is 2.59 bits per heavy atom. The summed E-state index contributed by atoms with van der Waals surface area (Å²) in [5.41, 5.74) is 0.327. The highest BCUT2D eigenvalue weighted by molar-refractivity contribution is 7.92. The van der Waals surface area contributed by atoms with Crippen molar-refractivity contribution >= 4 is 15.7 Å². The molecule has 1 N–H and O–H groups in total. The minimum atomic E-state index is -3.89. The molecular weight excluding hydrogens is 309 g/mol. The van der Waals surface area contributed by atoms with Gasteiger partial charge in [-0.15, -0.1) is 0 Å². The van der Waals surface area contributed by atoms with Gasteiger partial charge in [0, 0.05) is 6.07 Å². The maximum atomic E-state index is 13.8. The van der Waals surface area contributed by atoms with Gasteiger partial charge >= 0.3 is 0 Å². The largest absolute Gasteiger partial charge is 0.497 e. The van der Waals surface area contributed by atoms with Gasteiger partial charge in [0.15, 0.2) is 11.6 Å². The first-order chi connectivity index (χ1) is 10.5. The van der Waals surface area contributed by atoms with Crippen LogP contribution in [0.1, 0.15) is 6.92 Å². The fraction of sp³-hybridized carbons (Fsp3) is 0.200. The maximum Gasteiger partial charge on any atom is 0.262 e. The number of sulfonamides is 1. The molecule has 0 aromatic heterocycles. The second kappa shape index (κ2) is 6.65. The van der Waals surface area contributed by atoms with Crippen LogP contribution in [0.15, 0.2) is 47.4 Å². The van der Waals surface area contributed by atoms with Gasteiger partial charge in [0.05, 0.1) is 24.3 Å². The molecule has 0 heterocycles. The van der Waals surface area contributed by atoms with Crippen LogP contribution in [-0.4, -0.2) is 22.1 Å². The highest BCUT2D eigenvalue weighted by Crippen LogP contribution is 2.24. The number of hydrogen-bond acceptors (Lipinski definition) is 4. The van der Waals surface area contributed by atoms with Gasteiger partial charge < -0.3 is 9.47 Å². The Kier molecular flexibility index (Phi) is 4.87. The van der Waals surface area contributed by atoms with Crippen molar-refractivity contribution in [2.24, 2.45) is 0 Å². The normalized spacial score (nSPS) is 11.0. The molecule has 0 bridgehead atoms. The smallest absolute Gasteiger partial charge is 0.262 e. The molecule has 0 unspecified atom stereocenters. The third-order valence-corrected chi connectivity index (χ3v) is 4.21. The topological polar surface area (TPSA) is 64.6 Å². The molecule has 0 atom stereocenters. The van der Waals surface area contributed by atoms with Crippen LogP contribution in [0.2, 0.25) is 0 Å². The minimum Gasteiger partial charge on any atom is -0.497 e. The summed E-state index contributed by atoms with van der Waals surface area (Å²) >= 11 is 0. The Balaban J connectivity index is 2.28. The van der Waals surface area contributed by atoms with E-state index in [0.717, 1.165) is 6.07 Å². The molecule has 0 aliphatic carbocycles. The number of halogens is 1. The van der Waals surface area contributed by atoms with Crippen molar-refractivity contribution in [1.29, 1.82) is 0 Å². The van der Waals surface area contributed by atoms with Crippen molar-refractivity contribution in [1.82, 2.24) is 0 Å². The van der Waals surface area contributed by atoms with E-state index in [4.69, 9.17) is 9.47 Å². The molecular formula is C15H16FNO4S. The van der Waals surface area contributed by atoms with Crippen molar-refractivity contribution in [3.05, 3.63) is 48.3 Å². The van der Waals surface area contributed by atoms with E-state index in [-0.39, 0.29) is 10.6 Å². The Labute approximate surface area is 128 Å². The van der Waals surface area contributed by atoms with Crippen molar-refractivity contribution in [2.75, 3.05) is 18.4 Å². The van der Waals surface area contributed by atoms with E-state index in [1.807, 2.05) is 0 Å². The molecule has 0 aliphatic rings. The van der Waals surface area contributed by atoms with Crippen LogP contribution in [0, 0.1) is 5.82 Å². The summed E-state index contributed by atoms with van der Waals surface area (Å²) in [5, 5.41) is 0. The van der Waals surface area contributed by atoms with Gasteiger partial charge in [-0.05, 0) is 37.3 Å². The summed E-state index contributed by atoms with van der Waals surface area (Å²) < 4.78 is 50.8. The van der Waals surface area contributed by atoms with Gasteiger partial charge in [0.2, 0.25) is 0 Å². The Morgan fingerprint density at radius 1 is 1.18 bits per heavy atom. The van der Waals surface area contributed by atoms with Crippen LogP contribution < -0.4 is 14.2 Å². The van der Waals surface area contributed by atoms with Crippen LogP contribution >= 0.6 is 0 Å². The lowest BCUT2D eigenvalue weighted by atomic mass is 10.3. The average molecular weight is 325 g/mol. The van der Waals surface area contributed by atoms with E-state index in [0.29, 0.717) is 18.0 Å². The highest BCUT2D eigenvalue weighted by atomic mass is 32.2. The van der Waals surface area contributed by atoms with Crippen LogP contribution in [0.5, 0.6) is 11.5 Å². The molecule has 0 spiro atoms. The summed E-state index contributed by atoms with van der Waals surface area (Å²) in [5.74, 6) is -0.198. The molecule has 7 heteroatoms. The van der Waals surface area contributed by atoms with Crippen LogP contribution in [0.25, 0.3) is 0 Å². The lowest BCUT2D eigenvalue weighted by Crippen LogP contribution is -2.13. The van der Waals surface area contributed by atoms with Gasteiger partial charge in [-0.2, -0.15) is 0 Å². The molecule has 0 fully saturated rings. The zero-order valence-electron chi connectivity index (χ0n) is 12.2. The van der Waals surface area contributed by atoms with Gasteiger partial charge in [0.1, 0.15) is 5.75 Å².